The lowest BCUT2D eigenvalue weighted by Gasteiger charge is -2.15. The van der Waals surface area contributed by atoms with Crippen LogP contribution in [-0.2, 0) is 6.42 Å². The van der Waals surface area contributed by atoms with Crippen molar-refractivity contribution in [3.8, 4) is 11.3 Å². The van der Waals surface area contributed by atoms with E-state index in [0.29, 0.717) is 17.2 Å². The number of rotatable bonds is 4. The quantitative estimate of drug-likeness (QED) is 0.459. The molecule has 4 aromatic rings. The Morgan fingerprint density at radius 1 is 0.964 bits per heavy atom. The van der Waals surface area contributed by atoms with Crippen molar-refractivity contribution in [1.29, 1.82) is 0 Å². The Kier molecular flexibility index (Phi) is 4.59. The minimum absolute atomic E-state index is 0.265. The van der Waals surface area contributed by atoms with Crippen molar-refractivity contribution in [1.82, 2.24) is 9.38 Å². The van der Waals surface area contributed by atoms with E-state index in [9.17, 15) is 8.78 Å². The molecule has 0 aliphatic rings. The van der Waals surface area contributed by atoms with Crippen LogP contribution in [0.2, 0.25) is 0 Å². The van der Waals surface area contributed by atoms with Gasteiger partial charge in [0.05, 0.1) is 0 Å². The minimum atomic E-state index is -0.633. The fourth-order valence-electron chi connectivity index (χ4n) is 3.55. The second kappa shape index (κ2) is 7.08. The Hall–Kier alpha value is -3.21. The first kappa shape index (κ1) is 18.2. The van der Waals surface area contributed by atoms with Gasteiger partial charge in [0.25, 0.3) is 0 Å². The van der Waals surface area contributed by atoms with Crippen LogP contribution in [0, 0.1) is 25.5 Å². The van der Waals surface area contributed by atoms with Crippen molar-refractivity contribution in [2.45, 2.75) is 27.2 Å². The van der Waals surface area contributed by atoms with Gasteiger partial charge >= 0.3 is 0 Å². The highest BCUT2D eigenvalue weighted by Gasteiger charge is 2.20. The second-order valence-corrected chi connectivity index (χ2v) is 6.89. The van der Waals surface area contributed by atoms with Crippen LogP contribution in [0.15, 0.2) is 54.6 Å². The van der Waals surface area contributed by atoms with Gasteiger partial charge in [-0.25, -0.2) is 13.8 Å². The summed E-state index contributed by atoms with van der Waals surface area (Å²) < 4.78 is 30.1. The number of nitrogens with one attached hydrogen (secondary N) is 1. The van der Waals surface area contributed by atoms with E-state index < -0.39 is 11.6 Å². The first-order valence-corrected chi connectivity index (χ1v) is 9.28. The fourth-order valence-corrected chi connectivity index (χ4v) is 3.55. The monoisotopic (exact) mass is 377 g/mol. The Balaban J connectivity index is 2.01. The summed E-state index contributed by atoms with van der Waals surface area (Å²) in [5.74, 6) is -0.565. The fraction of sp³-hybridized carbons (Fsp3) is 0.174. The highest BCUT2D eigenvalue weighted by Crippen LogP contribution is 2.35. The number of halogens is 2. The van der Waals surface area contributed by atoms with Gasteiger partial charge in [-0.3, -0.25) is 4.40 Å². The standard InChI is InChI=1S/C23H21F2N3/c1-4-17-9-6-10-20-26-22(18-12-11-16(24)13-19(18)25)23(28(17)20)27-21-14(2)7-5-8-15(21)3/h5-13,27H,4H2,1-3H3. The highest BCUT2D eigenvalue weighted by molar-refractivity contribution is 5.81. The van der Waals surface area contributed by atoms with Gasteiger partial charge in [0.2, 0.25) is 0 Å². The SMILES string of the molecule is CCc1cccc2nc(-c3ccc(F)cc3F)c(Nc3c(C)cccc3C)n12. The first-order valence-electron chi connectivity index (χ1n) is 9.28. The van der Waals surface area contributed by atoms with Crippen LogP contribution in [0.5, 0.6) is 0 Å². The summed E-state index contributed by atoms with van der Waals surface area (Å²) in [5, 5.41) is 3.49. The van der Waals surface area contributed by atoms with Gasteiger partial charge in [-0.1, -0.05) is 31.2 Å². The van der Waals surface area contributed by atoms with Crippen LogP contribution in [-0.4, -0.2) is 9.38 Å². The molecule has 28 heavy (non-hydrogen) atoms. The average Bonchev–Trinajstić information content (AvgIpc) is 3.03. The van der Waals surface area contributed by atoms with Gasteiger partial charge in [-0.15, -0.1) is 0 Å². The van der Waals surface area contributed by atoms with Crippen molar-refractivity contribution in [3.05, 3.63) is 83.1 Å². The van der Waals surface area contributed by atoms with Crippen LogP contribution in [0.1, 0.15) is 23.7 Å². The average molecular weight is 377 g/mol. The molecule has 5 heteroatoms. The maximum absolute atomic E-state index is 14.6. The van der Waals surface area contributed by atoms with Crippen molar-refractivity contribution in [2.75, 3.05) is 5.32 Å². The van der Waals surface area contributed by atoms with Crippen molar-refractivity contribution < 1.29 is 8.78 Å². The number of pyridine rings is 1. The topological polar surface area (TPSA) is 29.3 Å². The lowest BCUT2D eigenvalue weighted by atomic mass is 10.1. The van der Waals surface area contributed by atoms with E-state index in [4.69, 9.17) is 0 Å². The molecule has 0 radical (unpaired) electrons. The van der Waals surface area contributed by atoms with Gasteiger partial charge < -0.3 is 5.32 Å². The molecule has 0 bridgehead atoms. The summed E-state index contributed by atoms with van der Waals surface area (Å²) in [4.78, 5) is 4.68. The normalized spacial score (nSPS) is 11.2. The molecule has 0 unspecified atom stereocenters. The maximum Gasteiger partial charge on any atom is 0.143 e. The third-order valence-corrected chi connectivity index (χ3v) is 5.00. The molecule has 1 N–H and O–H groups in total. The van der Waals surface area contributed by atoms with Gasteiger partial charge in [0.15, 0.2) is 0 Å². The number of nitrogens with zero attached hydrogens (tertiary/aromatic N) is 2. The number of aryl methyl sites for hydroxylation is 3. The lowest BCUT2D eigenvalue weighted by molar-refractivity contribution is 0.585. The molecule has 4 rings (SSSR count). The molecule has 0 spiro atoms. The molecule has 0 aliphatic heterocycles. The zero-order valence-corrected chi connectivity index (χ0v) is 16.1. The smallest absolute Gasteiger partial charge is 0.143 e. The zero-order valence-electron chi connectivity index (χ0n) is 16.1. The van der Waals surface area contributed by atoms with Crippen LogP contribution in [0.4, 0.5) is 20.3 Å². The summed E-state index contributed by atoms with van der Waals surface area (Å²) in [6, 6.07) is 15.5. The number of imidazole rings is 1. The second-order valence-electron chi connectivity index (χ2n) is 6.89. The maximum atomic E-state index is 14.6. The van der Waals surface area contributed by atoms with Crippen LogP contribution >= 0.6 is 0 Å². The van der Waals surface area contributed by atoms with Crippen LogP contribution in [0.3, 0.4) is 0 Å². The molecule has 0 fully saturated rings. The van der Waals surface area contributed by atoms with E-state index >= 15 is 0 Å². The predicted molar refractivity (Wildman–Crippen MR) is 109 cm³/mol. The molecular weight excluding hydrogens is 356 g/mol. The molecule has 2 aromatic carbocycles. The van der Waals surface area contributed by atoms with Crippen LogP contribution in [0.25, 0.3) is 16.9 Å². The number of aromatic nitrogens is 2. The molecule has 0 saturated carbocycles. The molecule has 0 saturated heterocycles. The number of hydrogen-bond acceptors (Lipinski definition) is 2. The molecule has 2 heterocycles. The summed E-state index contributed by atoms with van der Waals surface area (Å²) in [6.45, 7) is 6.12. The lowest BCUT2D eigenvalue weighted by Crippen LogP contribution is -2.04. The Morgan fingerprint density at radius 2 is 1.68 bits per heavy atom. The van der Waals surface area contributed by atoms with E-state index in [0.717, 1.165) is 35.0 Å². The Morgan fingerprint density at radius 3 is 2.36 bits per heavy atom. The zero-order chi connectivity index (χ0) is 19.8. The molecule has 2 aromatic heterocycles. The van der Waals surface area contributed by atoms with Gasteiger partial charge in [-0.2, -0.15) is 0 Å². The largest absolute Gasteiger partial charge is 0.339 e. The van der Waals surface area contributed by atoms with E-state index in [-0.39, 0.29) is 5.56 Å². The Bertz CT molecular complexity index is 1160. The van der Waals surface area contributed by atoms with Crippen molar-refractivity contribution in [2.24, 2.45) is 0 Å². The Labute approximate surface area is 162 Å². The number of fused-ring (bicyclic) bond motifs is 1. The van der Waals surface area contributed by atoms with E-state index in [1.807, 2.05) is 54.6 Å². The molecule has 0 atom stereocenters. The van der Waals surface area contributed by atoms with Crippen LogP contribution < -0.4 is 5.32 Å². The number of benzene rings is 2. The van der Waals surface area contributed by atoms with Crippen molar-refractivity contribution >= 4 is 17.2 Å². The molecule has 142 valence electrons. The van der Waals surface area contributed by atoms with E-state index in [1.54, 1.807) is 0 Å². The van der Waals surface area contributed by atoms with Crippen molar-refractivity contribution in [3.63, 3.8) is 0 Å². The molecule has 0 aliphatic carbocycles. The highest BCUT2D eigenvalue weighted by atomic mass is 19.1. The number of hydrogen-bond donors (Lipinski definition) is 1. The summed E-state index contributed by atoms with van der Waals surface area (Å²) in [7, 11) is 0. The summed E-state index contributed by atoms with van der Waals surface area (Å²) in [6.07, 6.45) is 0.792. The molecular formula is C23H21F2N3. The molecule has 3 nitrogen and oxygen atoms in total. The van der Waals surface area contributed by atoms with Gasteiger partial charge in [-0.05, 0) is 55.7 Å². The van der Waals surface area contributed by atoms with Gasteiger partial charge in [0.1, 0.15) is 28.8 Å². The molecule has 0 amide bonds. The van der Waals surface area contributed by atoms with E-state index in [2.05, 4.69) is 17.2 Å². The first-order chi connectivity index (χ1) is 13.5. The minimum Gasteiger partial charge on any atom is -0.339 e. The number of anilines is 2. The number of para-hydroxylation sites is 1. The third kappa shape index (κ3) is 3.03. The van der Waals surface area contributed by atoms with Gasteiger partial charge in [0, 0.05) is 23.0 Å². The van der Waals surface area contributed by atoms with E-state index in [1.165, 1.54) is 12.1 Å². The third-order valence-electron chi connectivity index (χ3n) is 5.00. The summed E-state index contributed by atoms with van der Waals surface area (Å²) in [5.41, 5.74) is 5.60. The summed E-state index contributed by atoms with van der Waals surface area (Å²) >= 11 is 0. The predicted octanol–water partition coefficient (Wildman–Crippen LogP) is 6.20.